The maximum atomic E-state index is 12.1. The van der Waals surface area contributed by atoms with Crippen LogP contribution in [-0.2, 0) is 0 Å². The van der Waals surface area contributed by atoms with Crippen molar-refractivity contribution in [2.24, 2.45) is 0 Å². The normalized spacial score (nSPS) is 29.5. The van der Waals surface area contributed by atoms with E-state index in [1.54, 1.807) is 13.8 Å². The third-order valence-corrected chi connectivity index (χ3v) is 2.73. The van der Waals surface area contributed by atoms with Crippen LogP contribution in [-0.4, -0.2) is 41.6 Å². The second kappa shape index (κ2) is 3.17. The minimum Gasteiger partial charge on any atom is -0.448 e. The molecule has 1 heterocycles. The van der Waals surface area contributed by atoms with Gasteiger partial charge >= 0.3 is 6.98 Å². The largest absolute Gasteiger partial charge is 0.492 e. The van der Waals surface area contributed by atoms with Gasteiger partial charge in [-0.2, -0.15) is 0 Å². The van der Waals surface area contributed by atoms with Gasteiger partial charge in [0.05, 0.1) is 6.10 Å². The van der Waals surface area contributed by atoms with Gasteiger partial charge in [-0.05, 0) is 33.3 Å². The Morgan fingerprint density at radius 2 is 2.00 bits per heavy atom. The molecular formula is C7H14BF3NO-. The number of hydrogen-bond donors (Lipinski definition) is 1. The highest BCUT2D eigenvalue weighted by molar-refractivity contribution is 6.58. The second-order valence-corrected chi connectivity index (χ2v) is 4.11. The molecule has 0 aromatic heterocycles. The lowest BCUT2D eigenvalue weighted by molar-refractivity contribution is 0.0595. The molecule has 1 aliphatic rings. The molecule has 6 heteroatoms. The predicted molar refractivity (Wildman–Crippen MR) is 45.4 cm³/mol. The number of aliphatic hydroxyl groups excluding tert-OH is 1. The zero-order chi connectivity index (χ0) is 10.3. The number of aliphatic hydroxyl groups is 1. The Balaban J connectivity index is 2.63. The Morgan fingerprint density at radius 3 is 2.31 bits per heavy atom. The summed E-state index contributed by atoms with van der Waals surface area (Å²) in [5.74, 6) is 0. The highest BCUT2D eigenvalue weighted by Crippen LogP contribution is 2.30. The van der Waals surface area contributed by atoms with E-state index < -0.39 is 25.1 Å². The van der Waals surface area contributed by atoms with E-state index in [4.69, 9.17) is 0 Å². The molecule has 1 rings (SSSR count). The van der Waals surface area contributed by atoms with Crippen molar-refractivity contribution in [1.29, 1.82) is 0 Å². The second-order valence-electron chi connectivity index (χ2n) is 4.11. The number of halogens is 3. The van der Waals surface area contributed by atoms with Gasteiger partial charge in [-0.15, -0.1) is 0 Å². The predicted octanol–water partition coefficient (Wildman–Crippen LogP) is 1.22. The lowest BCUT2D eigenvalue weighted by atomic mass is 9.88. The van der Waals surface area contributed by atoms with Gasteiger partial charge in [0.2, 0.25) is 0 Å². The summed E-state index contributed by atoms with van der Waals surface area (Å²) >= 11 is 0. The van der Waals surface area contributed by atoms with Crippen molar-refractivity contribution in [2.45, 2.75) is 31.9 Å². The van der Waals surface area contributed by atoms with Gasteiger partial charge in [0, 0.05) is 5.54 Å². The zero-order valence-electron chi connectivity index (χ0n) is 7.80. The quantitative estimate of drug-likeness (QED) is 0.671. The van der Waals surface area contributed by atoms with Crippen molar-refractivity contribution in [2.75, 3.05) is 13.0 Å². The van der Waals surface area contributed by atoms with Gasteiger partial charge < -0.3 is 23.0 Å². The van der Waals surface area contributed by atoms with Gasteiger partial charge in [-0.25, -0.2) is 0 Å². The first-order valence-electron chi connectivity index (χ1n) is 4.37. The number of likely N-dealkylation sites (tertiary alicyclic amines) is 1. The minimum atomic E-state index is -4.79. The smallest absolute Gasteiger partial charge is 0.448 e. The summed E-state index contributed by atoms with van der Waals surface area (Å²) in [7, 11) is 0. The summed E-state index contributed by atoms with van der Waals surface area (Å²) in [6, 6.07) is 0. The van der Waals surface area contributed by atoms with E-state index >= 15 is 0 Å². The number of rotatable bonds is 2. The molecule has 0 bridgehead atoms. The zero-order valence-corrected chi connectivity index (χ0v) is 7.80. The molecule has 0 aromatic carbocycles. The highest BCUT2D eigenvalue weighted by Gasteiger charge is 2.42. The van der Waals surface area contributed by atoms with Crippen LogP contribution in [0.3, 0.4) is 0 Å². The van der Waals surface area contributed by atoms with Gasteiger partial charge in [-0.3, -0.25) is 0 Å². The van der Waals surface area contributed by atoms with Crippen molar-refractivity contribution >= 4 is 6.98 Å². The molecule has 0 spiro atoms. The van der Waals surface area contributed by atoms with Crippen LogP contribution in [0.25, 0.3) is 0 Å². The standard InChI is InChI=1S/C7H14BF3NO/c1-7(2)6(13)3-4-12(7)5-8(9,10)11/h6,13H,3-5H2,1-2H3/q-1. The molecule has 1 atom stereocenters. The van der Waals surface area contributed by atoms with Crippen LogP contribution in [0.15, 0.2) is 0 Å². The number of hydrogen-bond acceptors (Lipinski definition) is 2. The highest BCUT2D eigenvalue weighted by atomic mass is 19.4. The molecule has 1 aliphatic heterocycles. The van der Waals surface area contributed by atoms with Crippen molar-refractivity contribution in [3.8, 4) is 0 Å². The molecule has 0 amide bonds. The first kappa shape index (κ1) is 10.9. The lowest BCUT2D eigenvalue weighted by Crippen LogP contribution is -2.50. The van der Waals surface area contributed by atoms with Crippen LogP contribution < -0.4 is 0 Å². The average molecular weight is 196 g/mol. The summed E-state index contributed by atoms with van der Waals surface area (Å²) in [5.41, 5.74) is -0.739. The number of nitrogens with zero attached hydrogens (tertiary/aromatic N) is 1. The topological polar surface area (TPSA) is 23.5 Å². The van der Waals surface area contributed by atoms with E-state index in [2.05, 4.69) is 0 Å². The van der Waals surface area contributed by atoms with Crippen LogP contribution in [0.5, 0.6) is 0 Å². The molecule has 13 heavy (non-hydrogen) atoms. The maximum absolute atomic E-state index is 12.1. The van der Waals surface area contributed by atoms with Crippen LogP contribution in [0.1, 0.15) is 20.3 Å². The summed E-state index contributed by atoms with van der Waals surface area (Å²) < 4.78 is 36.4. The molecule has 2 nitrogen and oxygen atoms in total. The van der Waals surface area contributed by atoms with E-state index in [1.807, 2.05) is 0 Å². The summed E-state index contributed by atoms with van der Waals surface area (Å²) in [6.07, 6.45) is -1.09. The minimum absolute atomic E-state index is 0.329. The molecule has 1 saturated heterocycles. The Morgan fingerprint density at radius 1 is 1.46 bits per heavy atom. The molecule has 1 unspecified atom stereocenters. The molecule has 0 aromatic rings. The monoisotopic (exact) mass is 196 g/mol. The molecule has 0 aliphatic carbocycles. The summed E-state index contributed by atoms with van der Waals surface area (Å²) in [4.78, 5) is 1.30. The molecule has 78 valence electrons. The fourth-order valence-electron chi connectivity index (χ4n) is 1.71. The molecule has 1 N–H and O–H groups in total. The van der Waals surface area contributed by atoms with Gasteiger partial charge in [0.25, 0.3) is 0 Å². The lowest BCUT2D eigenvalue weighted by Gasteiger charge is -2.36. The molecule has 0 radical (unpaired) electrons. The van der Waals surface area contributed by atoms with Gasteiger partial charge in [-0.1, -0.05) is 0 Å². The molecular weight excluding hydrogens is 182 g/mol. The van der Waals surface area contributed by atoms with Crippen molar-refractivity contribution in [3.05, 3.63) is 0 Å². The summed E-state index contributed by atoms with van der Waals surface area (Å²) in [5, 5.41) is 9.42. The SMILES string of the molecule is CC1(C)C(O)CCN1C[B-](F)(F)F. The first-order valence-corrected chi connectivity index (χ1v) is 4.37. The third kappa shape index (κ3) is 2.37. The first-order chi connectivity index (χ1) is 5.73. The van der Waals surface area contributed by atoms with Gasteiger partial charge in [0.1, 0.15) is 0 Å². The van der Waals surface area contributed by atoms with E-state index in [0.29, 0.717) is 13.0 Å². The Hall–Kier alpha value is -0.225. The van der Waals surface area contributed by atoms with Gasteiger partial charge in [0.15, 0.2) is 0 Å². The van der Waals surface area contributed by atoms with Crippen molar-refractivity contribution in [1.82, 2.24) is 4.90 Å². The average Bonchev–Trinajstić information content (AvgIpc) is 2.13. The van der Waals surface area contributed by atoms with Crippen LogP contribution in [0, 0.1) is 0 Å². The Bertz CT molecular complexity index is 195. The molecule has 1 fully saturated rings. The Kier molecular flexibility index (Phi) is 2.64. The van der Waals surface area contributed by atoms with E-state index in [9.17, 15) is 18.1 Å². The van der Waals surface area contributed by atoms with E-state index in [-0.39, 0.29) is 0 Å². The van der Waals surface area contributed by atoms with Crippen molar-refractivity contribution in [3.63, 3.8) is 0 Å². The maximum Gasteiger partial charge on any atom is 0.492 e. The van der Waals surface area contributed by atoms with Crippen LogP contribution >= 0.6 is 0 Å². The van der Waals surface area contributed by atoms with E-state index in [1.165, 1.54) is 4.90 Å². The third-order valence-electron chi connectivity index (χ3n) is 2.73. The Labute approximate surface area is 75.8 Å². The van der Waals surface area contributed by atoms with Crippen LogP contribution in [0.2, 0.25) is 0 Å². The van der Waals surface area contributed by atoms with Crippen molar-refractivity contribution < 1.29 is 18.1 Å². The van der Waals surface area contributed by atoms with Crippen LogP contribution in [0.4, 0.5) is 12.9 Å². The van der Waals surface area contributed by atoms with E-state index in [0.717, 1.165) is 0 Å². The molecule has 0 saturated carbocycles. The summed E-state index contributed by atoms with van der Waals surface area (Å²) in [6.45, 7) is -1.17. The fraction of sp³-hybridized carbons (Fsp3) is 1.00. The fourth-order valence-corrected chi connectivity index (χ4v) is 1.71.